The third kappa shape index (κ3) is 6.76. The molecule has 1 amide bonds. The maximum absolute atomic E-state index is 12.1. The molecule has 7 heteroatoms. The summed E-state index contributed by atoms with van der Waals surface area (Å²) in [4.78, 5) is 32.6. The number of aliphatic imine (C=N–C) groups is 1. The van der Waals surface area contributed by atoms with Crippen LogP contribution in [0.2, 0.25) is 0 Å². The van der Waals surface area contributed by atoms with Gasteiger partial charge in [-0.1, -0.05) is 12.1 Å². The Balaban J connectivity index is 1.94. The van der Waals surface area contributed by atoms with Gasteiger partial charge < -0.3 is 19.9 Å². The fraction of sp³-hybridized carbons (Fsp3) is 0.591. The Labute approximate surface area is 174 Å². The molecule has 0 radical (unpaired) electrons. The Morgan fingerprint density at radius 2 is 1.97 bits per heavy atom. The highest BCUT2D eigenvalue weighted by Gasteiger charge is 2.27. The van der Waals surface area contributed by atoms with Crippen LogP contribution in [0.1, 0.15) is 42.6 Å². The first kappa shape index (κ1) is 22.7. The summed E-state index contributed by atoms with van der Waals surface area (Å²) in [7, 11) is 3.51. The SMILES string of the molecule is CCNC(=NCCc1cccc(C(=O)N(C)C)c1)N1CCC(C(=O)OCC)CC1. The molecule has 1 aromatic carbocycles. The lowest BCUT2D eigenvalue weighted by molar-refractivity contribution is -0.149. The van der Waals surface area contributed by atoms with Crippen LogP contribution in [0.3, 0.4) is 0 Å². The molecule has 1 N–H and O–H groups in total. The van der Waals surface area contributed by atoms with Gasteiger partial charge in [-0.3, -0.25) is 14.6 Å². The maximum atomic E-state index is 12.1. The molecule has 1 aliphatic rings. The van der Waals surface area contributed by atoms with Gasteiger partial charge in [-0.25, -0.2) is 0 Å². The number of amides is 1. The molecule has 0 bridgehead atoms. The number of likely N-dealkylation sites (tertiary alicyclic amines) is 1. The summed E-state index contributed by atoms with van der Waals surface area (Å²) in [6, 6.07) is 7.73. The molecular weight excluding hydrogens is 368 g/mol. The molecule has 29 heavy (non-hydrogen) atoms. The van der Waals surface area contributed by atoms with Crippen LogP contribution >= 0.6 is 0 Å². The van der Waals surface area contributed by atoms with Crippen molar-refractivity contribution in [2.45, 2.75) is 33.1 Å². The quantitative estimate of drug-likeness (QED) is 0.430. The minimum Gasteiger partial charge on any atom is -0.466 e. The number of nitrogens with one attached hydrogen (secondary N) is 1. The van der Waals surface area contributed by atoms with Crippen LogP contribution in [-0.2, 0) is 16.0 Å². The first-order chi connectivity index (χ1) is 14.0. The molecule has 2 rings (SSSR count). The lowest BCUT2D eigenvalue weighted by Crippen LogP contribution is -2.46. The molecule has 1 aromatic rings. The summed E-state index contributed by atoms with van der Waals surface area (Å²) in [6.07, 6.45) is 2.35. The summed E-state index contributed by atoms with van der Waals surface area (Å²) >= 11 is 0. The van der Waals surface area contributed by atoms with Crippen LogP contribution in [0.15, 0.2) is 29.3 Å². The van der Waals surface area contributed by atoms with Crippen molar-refractivity contribution >= 4 is 17.8 Å². The van der Waals surface area contributed by atoms with E-state index >= 15 is 0 Å². The normalized spacial score (nSPS) is 15.2. The van der Waals surface area contributed by atoms with Crippen molar-refractivity contribution in [3.05, 3.63) is 35.4 Å². The average molecular weight is 403 g/mol. The zero-order chi connectivity index (χ0) is 21.2. The summed E-state index contributed by atoms with van der Waals surface area (Å²) in [5.41, 5.74) is 1.79. The van der Waals surface area contributed by atoms with Crippen LogP contribution in [0, 0.1) is 5.92 Å². The van der Waals surface area contributed by atoms with Crippen molar-refractivity contribution in [1.29, 1.82) is 0 Å². The third-order valence-corrected chi connectivity index (χ3v) is 4.99. The molecule has 0 aliphatic carbocycles. The van der Waals surface area contributed by atoms with Crippen molar-refractivity contribution in [3.8, 4) is 0 Å². The number of benzene rings is 1. The molecular formula is C22H34N4O3. The molecule has 0 saturated carbocycles. The lowest BCUT2D eigenvalue weighted by atomic mass is 9.97. The summed E-state index contributed by atoms with van der Waals surface area (Å²) in [5, 5.41) is 3.35. The topological polar surface area (TPSA) is 74.2 Å². The highest BCUT2D eigenvalue weighted by molar-refractivity contribution is 5.94. The monoisotopic (exact) mass is 402 g/mol. The van der Waals surface area contributed by atoms with Crippen LogP contribution in [0.4, 0.5) is 0 Å². The van der Waals surface area contributed by atoms with E-state index in [-0.39, 0.29) is 17.8 Å². The second-order valence-corrected chi connectivity index (χ2v) is 7.40. The molecule has 0 aromatic heterocycles. The van der Waals surface area contributed by atoms with Gasteiger partial charge in [0.1, 0.15) is 0 Å². The van der Waals surface area contributed by atoms with Gasteiger partial charge in [-0.05, 0) is 50.8 Å². The zero-order valence-electron chi connectivity index (χ0n) is 18.1. The van der Waals surface area contributed by atoms with Gasteiger partial charge in [0.05, 0.1) is 12.5 Å². The van der Waals surface area contributed by atoms with E-state index in [9.17, 15) is 9.59 Å². The highest BCUT2D eigenvalue weighted by Crippen LogP contribution is 2.19. The number of esters is 1. The molecule has 0 spiro atoms. The second-order valence-electron chi connectivity index (χ2n) is 7.40. The number of carbonyl (C=O) groups excluding carboxylic acids is 2. The smallest absolute Gasteiger partial charge is 0.309 e. The van der Waals surface area contributed by atoms with Crippen molar-refractivity contribution in [2.75, 3.05) is 46.9 Å². The van der Waals surface area contributed by atoms with E-state index in [4.69, 9.17) is 9.73 Å². The van der Waals surface area contributed by atoms with E-state index < -0.39 is 0 Å². The van der Waals surface area contributed by atoms with Crippen LogP contribution in [0.25, 0.3) is 0 Å². The van der Waals surface area contributed by atoms with Gasteiger partial charge in [0.25, 0.3) is 5.91 Å². The molecule has 160 valence electrons. The first-order valence-electron chi connectivity index (χ1n) is 10.5. The van der Waals surface area contributed by atoms with Crippen LogP contribution in [0.5, 0.6) is 0 Å². The van der Waals surface area contributed by atoms with Gasteiger partial charge >= 0.3 is 5.97 Å². The largest absolute Gasteiger partial charge is 0.466 e. The molecule has 0 unspecified atom stereocenters. The fourth-order valence-corrected chi connectivity index (χ4v) is 3.42. The average Bonchev–Trinajstić information content (AvgIpc) is 2.73. The molecule has 1 saturated heterocycles. The van der Waals surface area contributed by atoms with Gasteiger partial charge in [0.15, 0.2) is 5.96 Å². The number of hydrogen-bond acceptors (Lipinski definition) is 4. The second kappa shape index (κ2) is 11.4. The minimum absolute atomic E-state index is 0.00756. The van der Waals surface area contributed by atoms with E-state index in [1.165, 1.54) is 0 Å². The van der Waals surface area contributed by atoms with Gasteiger partial charge in [-0.2, -0.15) is 0 Å². The Hall–Kier alpha value is -2.57. The number of rotatable bonds is 7. The Morgan fingerprint density at radius 3 is 2.59 bits per heavy atom. The number of carbonyl (C=O) groups is 2. The maximum Gasteiger partial charge on any atom is 0.309 e. The minimum atomic E-state index is -0.0822. The molecule has 7 nitrogen and oxygen atoms in total. The van der Waals surface area contributed by atoms with Crippen molar-refractivity contribution in [3.63, 3.8) is 0 Å². The number of hydrogen-bond donors (Lipinski definition) is 1. The van der Waals surface area contributed by atoms with Crippen LogP contribution in [-0.4, -0.2) is 74.5 Å². The molecule has 1 fully saturated rings. The predicted octanol–water partition coefficient (Wildman–Crippen LogP) is 2.17. The zero-order valence-corrected chi connectivity index (χ0v) is 18.1. The van der Waals surface area contributed by atoms with Crippen molar-refractivity contribution in [2.24, 2.45) is 10.9 Å². The van der Waals surface area contributed by atoms with Gasteiger partial charge in [-0.15, -0.1) is 0 Å². The van der Waals surface area contributed by atoms with Gasteiger partial charge in [0, 0.05) is 45.8 Å². The third-order valence-electron chi connectivity index (χ3n) is 4.99. The molecule has 1 aliphatic heterocycles. The van der Waals surface area contributed by atoms with Crippen molar-refractivity contribution in [1.82, 2.24) is 15.1 Å². The van der Waals surface area contributed by atoms with E-state index in [1.54, 1.807) is 19.0 Å². The fourth-order valence-electron chi connectivity index (χ4n) is 3.42. The molecule has 1 heterocycles. The van der Waals surface area contributed by atoms with E-state index in [2.05, 4.69) is 17.1 Å². The number of piperidine rings is 1. The Bertz CT molecular complexity index is 710. The lowest BCUT2D eigenvalue weighted by Gasteiger charge is -2.33. The van der Waals surface area contributed by atoms with Crippen LogP contribution < -0.4 is 5.32 Å². The highest BCUT2D eigenvalue weighted by atomic mass is 16.5. The van der Waals surface area contributed by atoms with E-state index in [1.807, 2.05) is 31.2 Å². The number of nitrogens with zero attached hydrogens (tertiary/aromatic N) is 3. The number of ether oxygens (including phenoxy) is 1. The summed E-state index contributed by atoms with van der Waals surface area (Å²) in [6.45, 7) is 7.35. The Morgan fingerprint density at radius 1 is 1.24 bits per heavy atom. The first-order valence-corrected chi connectivity index (χ1v) is 10.5. The predicted molar refractivity (Wildman–Crippen MR) is 115 cm³/mol. The summed E-state index contributed by atoms with van der Waals surface area (Å²) < 4.78 is 5.15. The molecule has 0 atom stereocenters. The number of guanidine groups is 1. The van der Waals surface area contributed by atoms with E-state index in [0.29, 0.717) is 18.7 Å². The Kier molecular flexibility index (Phi) is 8.96. The van der Waals surface area contributed by atoms with E-state index in [0.717, 1.165) is 50.4 Å². The standard InChI is InChI=1S/C22H34N4O3/c1-5-23-22(26-14-11-18(12-15-26)21(28)29-6-2)24-13-10-17-8-7-9-19(16-17)20(27)25(3)4/h7-9,16,18H,5-6,10-15H2,1-4H3,(H,23,24). The van der Waals surface area contributed by atoms with Gasteiger partial charge in [0.2, 0.25) is 0 Å². The summed E-state index contributed by atoms with van der Waals surface area (Å²) in [5.74, 6) is 0.802. The van der Waals surface area contributed by atoms with Crippen molar-refractivity contribution < 1.29 is 14.3 Å².